The van der Waals surface area contributed by atoms with E-state index in [9.17, 15) is 22.8 Å². The van der Waals surface area contributed by atoms with E-state index in [2.05, 4.69) is 15.4 Å². The van der Waals surface area contributed by atoms with Gasteiger partial charge in [0, 0.05) is 37.8 Å². The molecule has 1 aliphatic rings. The number of rotatable bonds is 8. The molecule has 2 heterocycles. The van der Waals surface area contributed by atoms with Crippen molar-refractivity contribution < 1.29 is 32.0 Å². The third-order valence-corrected chi connectivity index (χ3v) is 4.96. The Hall–Kier alpha value is -2.92. The van der Waals surface area contributed by atoms with Crippen molar-refractivity contribution in [3.05, 3.63) is 47.2 Å². The lowest BCUT2D eigenvalue weighted by atomic mass is 10.1. The highest BCUT2D eigenvalue weighted by Crippen LogP contribution is 2.29. The Labute approximate surface area is 183 Å². The van der Waals surface area contributed by atoms with Gasteiger partial charge < -0.3 is 19.5 Å². The molecule has 8 nitrogen and oxygen atoms in total. The maximum absolute atomic E-state index is 13.1. The molecule has 1 saturated heterocycles. The van der Waals surface area contributed by atoms with Gasteiger partial charge in [-0.25, -0.2) is 0 Å². The van der Waals surface area contributed by atoms with Crippen molar-refractivity contribution in [1.29, 1.82) is 0 Å². The summed E-state index contributed by atoms with van der Waals surface area (Å²) in [6.07, 6.45) is -4.01. The van der Waals surface area contributed by atoms with E-state index in [0.29, 0.717) is 31.9 Å². The lowest BCUT2D eigenvalue weighted by Gasteiger charge is -2.28. The molecule has 1 aliphatic heterocycles. The minimum absolute atomic E-state index is 0.128. The number of alkyl halides is 3. The predicted molar refractivity (Wildman–Crippen MR) is 109 cm³/mol. The van der Waals surface area contributed by atoms with Gasteiger partial charge in [0.25, 0.3) is 5.91 Å². The molecule has 11 heteroatoms. The van der Waals surface area contributed by atoms with Crippen LogP contribution in [0.5, 0.6) is 0 Å². The third kappa shape index (κ3) is 6.79. The monoisotopic (exact) mass is 454 g/mol. The second-order valence-electron chi connectivity index (χ2n) is 7.48. The fourth-order valence-corrected chi connectivity index (χ4v) is 3.35. The molecule has 2 aromatic rings. The smallest absolute Gasteiger partial charge is 0.379 e. The van der Waals surface area contributed by atoms with E-state index >= 15 is 0 Å². The van der Waals surface area contributed by atoms with E-state index in [4.69, 9.17) is 9.26 Å². The first kappa shape index (κ1) is 23.7. The van der Waals surface area contributed by atoms with Crippen molar-refractivity contribution in [2.24, 2.45) is 0 Å². The van der Waals surface area contributed by atoms with Gasteiger partial charge in [0.1, 0.15) is 12.3 Å². The van der Waals surface area contributed by atoms with Crippen molar-refractivity contribution >= 4 is 17.6 Å². The number of benzene rings is 1. The zero-order chi connectivity index (χ0) is 23.1. The number of carbonyl (C=O) groups excluding carboxylic acids is 2. The summed E-state index contributed by atoms with van der Waals surface area (Å²) >= 11 is 0. The maximum atomic E-state index is 13.1. The average Bonchev–Trinajstić information content (AvgIpc) is 3.17. The van der Waals surface area contributed by atoms with Crippen molar-refractivity contribution in [3.8, 4) is 0 Å². The van der Waals surface area contributed by atoms with E-state index in [-0.39, 0.29) is 24.5 Å². The molecule has 2 amide bonds. The highest BCUT2D eigenvalue weighted by Gasteiger charge is 2.31. The van der Waals surface area contributed by atoms with Gasteiger partial charge >= 0.3 is 6.18 Å². The first-order chi connectivity index (χ1) is 15.2. The number of aromatic nitrogens is 1. The summed E-state index contributed by atoms with van der Waals surface area (Å²) in [6.45, 7) is 5.03. The number of morpholine rings is 1. The number of nitrogens with one attached hydrogen (secondary N) is 1. The van der Waals surface area contributed by atoms with Crippen LogP contribution in [-0.4, -0.2) is 72.7 Å². The lowest BCUT2D eigenvalue weighted by Crippen LogP contribution is -2.41. The van der Waals surface area contributed by atoms with Crippen LogP contribution < -0.4 is 5.32 Å². The summed E-state index contributed by atoms with van der Waals surface area (Å²) in [7, 11) is 0. The number of hydrogen-bond acceptors (Lipinski definition) is 6. The topological polar surface area (TPSA) is 87.9 Å². The van der Waals surface area contributed by atoms with Crippen molar-refractivity contribution in [3.63, 3.8) is 0 Å². The highest BCUT2D eigenvalue weighted by atomic mass is 19.4. The number of ether oxygens (including phenoxy) is 1. The molecular weight excluding hydrogens is 429 g/mol. The van der Waals surface area contributed by atoms with Gasteiger partial charge in [0.05, 0.1) is 18.8 Å². The normalized spacial score (nSPS) is 14.9. The van der Waals surface area contributed by atoms with Gasteiger partial charge in [-0.2, -0.15) is 13.2 Å². The molecule has 1 N–H and O–H groups in total. The summed E-state index contributed by atoms with van der Waals surface area (Å²) in [6, 6.07) is 5.72. The van der Waals surface area contributed by atoms with Crippen molar-refractivity contribution in [1.82, 2.24) is 15.0 Å². The van der Waals surface area contributed by atoms with Crippen LogP contribution in [0, 0.1) is 6.92 Å². The Morgan fingerprint density at radius 3 is 2.62 bits per heavy atom. The Morgan fingerprint density at radius 1 is 1.22 bits per heavy atom. The number of aryl methyl sites for hydroxylation is 1. The molecule has 3 rings (SSSR count). The summed E-state index contributed by atoms with van der Waals surface area (Å²) in [5.41, 5.74) is -1.05. The molecule has 0 radical (unpaired) electrons. The summed E-state index contributed by atoms with van der Waals surface area (Å²) in [4.78, 5) is 28.9. The van der Waals surface area contributed by atoms with E-state index in [1.807, 2.05) is 0 Å². The quantitative estimate of drug-likeness (QED) is 0.660. The molecule has 0 saturated carbocycles. The zero-order valence-corrected chi connectivity index (χ0v) is 17.7. The Kier molecular flexibility index (Phi) is 7.86. The third-order valence-electron chi connectivity index (χ3n) is 4.96. The number of anilines is 1. The van der Waals surface area contributed by atoms with E-state index in [0.717, 1.165) is 25.2 Å². The molecule has 1 aromatic heterocycles. The van der Waals surface area contributed by atoms with Crippen LogP contribution in [-0.2, 0) is 15.7 Å². The number of carbonyl (C=O) groups is 2. The molecular formula is C21H25F3N4O4. The minimum Gasteiger partial charge on any atom is -0.379 e. The van der Waals surface area contributed by atoms with Gasteiger partial charge in [0.15, 0.2) is 5.82 Å². The predicted octanol–water partition coefficient (Wildman–Crippen LogP) is 2.81. The Morgan fingerprint density at radius 2 is 1.97 bits per heavy atom. The number of hydrogen-bond donors (Lipinski definition) is 1. The van der Waals surface area contributed by atoms with Crippen LogP contribution in [0.3, 0.4) is 0 Å². The van der Waals surface area contributed by atoms with E-state index in [1.165, 1.54) is 23.1 Å². The number of nitrogens with zero attached hydrogens (tertiary/aromatic N) is 3. The van der Waals surface area contributed by atoms with E-state index in [1.54, 1.807) is 6.92 Å². The minimum atomic E-state index is -4.57. The van der Waals surface area contributed by atoms with Crippen molar-refractivity contribution in [2.75, 3.05) is 51.3 Å². The fourth-order valence-electron chi connectivity index (χ4n) is 3.35. The molecule has 1 aromatic carbocycles. The first-order valence-electron chi connectivity index (χ1n) is 10.2. The Balaban J connectivity index is 1.69. The van der Waals surface area contributed by atoms with E-state index < -0.39 is 23.6 Å². The fraction of sp³-hybridized carbons (Fsp3) is 0.476. The van der Waals surface area contributed by atoms with Crippen LogP contribution in [0.15, 0.2) is 34.9 Å². The van der Waals surface area contributed by atoms with Crippen LogP contribution in [0.25, 0.3) is 0 Å². The molecule has 0 atom stereocenters. The van der Waals surface area contributed by atoms with Crippen LogP contribution in [0.4, 0.5) is 19.0 Å². The van der Waals surface area contributed by atoms with Gasteiger partial charge in [-0.05, 0) is 31.5 Å². The molecule has 32 heavy (non-hydrogen) atoms. The zero-order valence-electron chi connectivity index (χ0n) is 17.7. The molecule has 0 spiro atoms. The highest BCUT2D eigenvalue weighted by molar-refractivity contribution is 5.99. The number of halogens is 3. The van der Waals surface area contributed by atoms with Gasteiger partial charge in [-0.15, -0.1) is 0 Å². The summed E-state index contributed by atoms with van der Waals surface area (Å²) in [5.74, 6) is -0.468. The molecule has 174 valence electrons. The summed E-state index contributed by atoms with van der Waals surface area (Å²) < 4.78 is 49.4. The Bertz CT molecular complexity index is 926. The van der Waals surface area contributed by atoms with Gasteiger partial charge in [-0.1, -0.05) is 11.2 Å². The summed E-state index contributed by atoms with van der Waals surface area (Å²) in [5, 5.41) is 6.20. The van der Waals surface area contributed by atoms with Crippen LogP contribution in [0.2, 0.25) is 0 Å². The first-order valence-corrected chi connectivity index (χ1v) is 10.2. The SMILES string of the molecule is Cc1cc(NC(=O)CN(CCCN2CCOCC2)C(=O)c2cccc(C(F)(F)F)c2)no1. The number of amides is 2. The van der Waals surface area contributed by atoms with Crippen LogP contribution >= 0.6 is 0 Å². The van der Waals surface area contributed by atoms with Gasteiger partial charge in [0.2, 0.25) is 5.91 Å². The molecule has 0 bridgehead atoms. The largest absolute Gasteiger partial charge is 0.416 e. The molecule has 0 unspecified atom stereocenters. The van der Waals surface area contributed by atoms with Crippen molar-refractivity contribution in [2.45, 2.75) is 19.5 Å². The molecule has 1 fully saturated rings. The second kappa shape index (κ2) is 10.6. The standard InChI is InChI=1S/C21H25F3N4O4/c1-15-12-18(26-32-15)25-19(29)14-28(7-3-6-27-8-10-31-11-9-27)20(30)16-4-2-5-17(13-16)21(22,23)24/h2,4-5,12-13H,3,6-11,14H2,1H3,(H,25,26,29). The lowest BCUT2D eigenvalue weighted by molar-refractivity contribution is -0.137. The second-order valence-corrected chi connectivity index (χ2v) is 7.48. The molecule has 0 aliphatic carbocycles. The maximum Gasteiger partial charge on any atom is 0.416 e. The van der Waals surface area contributed by atoms with Gasteiger partial charge in [-0.3, -0.25) is 14.5 Å². The average molecular weight is 454 g/mol. The van der Waals surface area contributed by atoms with Crippen LogP contribution in [0.1, 0.15) is 28.1 Å².